The van der Waals surface area contributed by atoms with E-state index in [4.69, 9.17) is 9.47 Å². The maximum atomic E-state index is 5.77. The van der Waals surface area contributed by atoms with Crippen molar-refractivity contribution in [2.45, 2.75) is 51.5 Å². The Morgan fingerprint density at radius 1 is 1.33 bits per heavy atom. The largest absolute Gasteiger partial charge is 0.493 e. The van der Waals surface area contributed by atoms with Crippen molar-refractivity contribution in [2.75, 3.05) is 26.4 Å². The van der Waals surface area contributed by atoms with Gasteiger partial charge >= 0.3 is 0 Å². The van der Waals surface area contributed by atoms with E-state index in [1.165, 1.54) is 18.4 Å². The predicted octanol–water partition coefficient (Wildman–Crippen LogP) is 3.74. The Kier molecular flexibility index (Phi) is 7.04. The number of rotatable bonds is 9. The molecule has 2 unspecified atom stereocenters. The quantitative estimate of drug-likeness (QED) is 0.703. The lowest BCUT2D eigenvalue weighted by atomic mass is 9.86. The summed E-state index contributed by atoms with van der Waals surface area (Å²) in [5.41, 5.74) is 1.39. The van der Waals surface area contributed by atoms with Gasteiger partial charge in [0.2, 0.25) is 0 Å². The molecule has 3 heteroatoms. The van der Waals surface area contributed by atoms with Crippen LogP contribution in [0.1, 0.15) is 51.0 Å². The molecule has 1 aliphatic rings. The van der Waals surface area contributed by atoms with Gasteiger partial charge in [0, 0.05) is 19.3 Å². The first kappa shape index (κ1) is 16.3. The Balaban J connectivity index is 1.91. The van der Waals surface area contributed by atoms with Crippen LogP contribution in [0.25, 0.3) is 0 Å². The summed E-state index contributed by atoms with van der Waals surface area (Å²) in [4.78, 5) is 0. The molecule has 0 amide bonds. The second-order valence-electron chi connectivity index (χ2n) is 5.70. The summed E-state index contributed by atoms with van der Waals surface area (Å²) in [7, 11) is 0. The van der Waals surface area contributed by atoms with Crippen molar-refractivity contribution < 1.29 is 9.47 Å². The molecule has 0 spiro atoms. The highest BCUT2D eigenvalue weighted by Gasteiger charge is 2.23. The van der Waals surface area contributed by atoms with Crippen LogP contribution in [0.4, 0.5) is 0 Å². The third-order valence-corrected chi connectivity index (χ3v) is 4.19. The van der Waals surface area contributed by atoms with Gasteiger partial charge in [0.15, 0.2) is 0 Å². The summed E-state index contributed by atoms with van der Waals surface area (Å²) in [6.07, 6.45) is 4.65. The lowest BCUT2D eigenvalue weighted by molar-refractivity contribution is 0.139. The minimum absolute atomic E-state index is 0.576. The van der Waals surface area contributed by atoms with E-state index in [2.05, 4.69) is 43.4 Å². The molecule has 1 heterocycles. The summed E-state index contributed by atoms with van der Waals surface area (Å²) < 4.78 is 11.2. The molecule has 1 N–H and O–H groups in total. The topological polar surface area (TPSA) is 30.5 Å². The van der Waals surface area contributed by atoms with Gasteiger partial charge in [0.25, 0.3) is 0 Å². The molecule has 0 bridgehead atoms. The molecular weight excluding hydrogens is 262 g/mol. The van der Waals surface area contributed by atoms with Crippen molar-refractivity contribution in [3.05, 3.63) is 29.8 Å². The van der Waals surface area contributed by atoms with Crippen LogP contribution < -0.4 is 10.1 Å². The van der Waals surface area contributed by atoms with Crippen LogP contribution in [0, 0.1) is 0 Å². The minimum atomic E-state index is 0.576. The van der Waals surface area contributed by atoms with Crippen LogP contribution in [0.2, 0.25) is 0 Å². The van der Waals surface area contributed by atoms with Gasteiger partial charge in [-0.25, -0.2) is 0 Å². The summed E-state index contributed by atoms with van der Waals surface area (Å²) in [6, 6.07) is 9.08. The molecule has 2 rings (SSSR count). The lowest BCUT2D eigenvalue weighted by Gasteiger charge is -2.29. The smallest absolute Gasteiger partial charge is 0.122 e. The van der Waals surface area contributed by atoms with Gasteiger partial charge in [-0.2, -0.15) is 0 Å². The Hall–Kier alpha value is -1.06. The van der Waals surface area contributed by atoms with Crippen molar-refractivity contribution >= 4 is 0 Å². The van der Waals surface area contributed by atoms with Crippen LogP contribution in [0.5, 0.6) is 5.75 Å². The zero-order valence-electron chi connectivity index (χ0n) is 13.4. The number of para-hydroxylation sites is 1. The molecule has 0 radical (unpaired) electrons. The maximum absolute atomic E-state index is 5.77. The molecule has 0 saturated heterocycles. The monoisotopic (exact) mass is 291 g/mol. The van der Waals surface area contributed by atoms with Gasteiger partial charge in [0.1, 0.15) is 5.75 Å². The van der Waals surface area contributed by atoms with E-state index in [-0.39, 0.29) is 0 Å². The number of hydrogen-bond acceptors (Lipinski definition) is 3. The van der Waals surface area contributed by atoms with E-state index in [1.807, 2.05) is 0 Å². The van der Waals surface area contributed by atoms with E-state index >= 15 is 0 Å². The highest BCUT2D eigenvalue weighted by atomic mass is 16.5. The van der Waals surface area contributed by atoms with Gasteiger partial charge in [0.05, 0.1) is 6.61 Å². The SMILES string of the molecule is CCNC(CCCOCC)CC1CCOc2ccccc21. The molecule has 2 atom stereocenters. The first-order chi connectivity index (χ1) is 10.3. The van der Waals surface area contributed by atoms with Crippen molar-refractivity contribution in [3.8, 4) is 5.75 Å². The molecule has 21 heavy (non-hydrogen) atoms. The number of ether oxygens (including phenoxy) is 2. The summed E-state index contributed by atoms with van der Waals surface area (Å²) in [5, 5.41) is 3.64. The molecule has 0 aromatic heterocycles. The van der Waals surface area contributed by atoms with E-state index in [0.717, 1.165) is 45.0 Å². The fraction of sp³-hybridized carbons (Fsp3) is 0.667. The zero-order chi connectivity index (χ0) is 14.9. The highest BCUT2D eigenvalue weighted by Crippen LogP contribution is 2.36. The summed E-state index contributed by atoms with van der Waals surface area (Å²) in [6.45, 7) is 7.82. The molecular formula is C18H29NO2. The van der Waals surface area contributed by atoms with E-state index < -0.39 is 0 Å². The fourth-order valence-electron chi connectivity index (χ4n) is 3.17. The van der Waals surface area contributed by atoms with Crippen LogP contribution in [0.15, 0.2) is 24.3 Å². The Labute approximate surface area is 129 Å². The average Bonchev–Trinajstić information content (AvgIpc) is 2.52. The van der Waals surface area contributed by atoms with Crippen molar-refractivity contribution in [1.82, 2.24) is 5.32 Å². The molecule has 118 valence electrons. The van der Waals surface area contributed by atoms with Crippen molar-refractivity contribution in [1.29, 1.82) is 0 Å². The number of nitrogens with one attached hydrogen (secondary N) is 1. The molecule has 0 saturated carbocycles. The summed E-state index contributed by atoms with van der Waals surface area (Å²) in [5.74, 6) is 1.70. The normalized spacial score (nSPS) is 18.9. The number of fused-ring (bicyclic) bond motifs is 1. The number of benzene rings is 1. The Morgan fingerprint density at radius 2 is 2.19 bits per heavy atom. The van der Waals surface area contributed by atoms with Crippen LogP contribution in [0.3, 0.4) is 0 Å². The average molecular weight is 291 g/mol. The third kappa shape index (κ3) is 5.01. The maximum Gasteiger partial charge on any atom is 0.122 e. The van der Waals surface area contributed by atoms with Gasteiger partial charge in [-0.15, -0.1) is 0 Å². The first-order valence-electron chi connectivity index (χ1n) is 8.38. The van der Waals surface area contributed by atoms with Gasteiger partial charge < -0.3 is 14.8 Å². The fourth-order valence-corrected chi connectivity index (χ4v) is 3.17. The van der Waals surface area contributed by atoms with Crippen LogP contribution >= 0.6 is 0 Å². The van der Waals surface area contributed by atoms with E-state index in [1.54, 1.807) is 0 Å². The van der Waals surface area contributed by atoms with Gasteiger partial charge in [-0.3, -0.25) is 0 Å². The third-order valence-electron chi connectivity index (χ3n) is 4.19. The zero-order valence-corrected chi connectivity index (χ0v) is 13.4. The second kappa shape index (κ2) is 9.06. The lowest BCUT2D eigenvalue weighted by Crippen LogP contribution is -2.32. The van der Waals surface area contributed by atoms with Crippen LogP contribution in [-0.4, -0.2) is 32.4 Å². The van der Waals surface area contributed by atoms with Crippen molar-refractivity contribution in [3.63, 3.8) is 0 Å². The Bertz CT molecular complexity index is 408. The minimum Gasteiger partial charge on any atom is -0.493 e. The first-order valence-corrected chi connectivity index (χ1v) is 8.38. The van der Waals surface area contributed by atoms with Crippen molar-refractivity contribution in [2.24, 2.45) is 0 Å². The summed E-state index contributed by atoms with van der Waals surface area (Å²) >= 11 is 0. The molecule has 1 aromatic rings. The number of hydrogen-bond donors (Lipinski definition) is 1. The molecule has 0 aliphatic carbocycles. The Morgan fingerprint density at radius 3 is 3.00 bits per heavy atom. The van der Waals surface area contributed by atoms with Gasteiger partial charge in [-0.05, 0) is 56.7 Å². The predicted molar refractivity (Wildman–Crippen MR) is 87.1 cm³/mol. The van der Waals surface area contributed by atoms with Gasteiger partial charge in [-0.1, -0.05) is 25.1 Å². The molecule has 1 aromatic carbocycles. The molecule has 0 fully saturated rings. The second-order valence-corrected chi connectivity index (χ2v) is 5.70. The van der Waals surface area contributed by atoms with E-state index in [9.17, 15) is 0 Å². The van der Waals surface area contributed by atoms with Crippen LogP contribution in [-0.2, 0) is 4.74 Å². The molecule has 3 nitrogen and oxygen atoms in total. The van der Waals surface area contributed by atoms with E-state index in [0.29, 0.717) is 12.0 Å². The highest BCUT2D eigenvalue weighted by molar-refractivity contribution is 5.37. The standard InChI is InChI=1S/C18H29NO2/c1-3-19-16(8-7-12-20-4-2)14-15-11-13-21-18-10-6-5-9-17(15)18/h5-6,9-10,15-16,19H,3-4,7-8,11-14H2,1-2H3. The molecule has 1 aliphatic heterocycles.